The molecule has 1 aliphatic carbocycles. The summed E-state index contributed by atoms with van der Waals surface area (Å²) in [6.07, 6.45) is 3.85. The number of hydrogen-bond donors (Lipinski definition) is 2. The number of aliphatic hydroxyl groups is 2. The Hall–Kier alpha value is -2.58. The highest BCUT2D eigenvalue weighted by molar-refractivity contribution is 5.79. The number of anilines is 1. The minimum Gasteiger partial charge on any atom is -0.497 e. The fraction of sp³-hybridized carbons (Fsp3) is 0.690. The molecule has 2 fully saturated rings. The maximum atomic E-state index is 12.5. The molecule has 212 valence electrons. The molecule has 0 radical (unpaired) electrons. The van der Waals surface area contributed by atoms with Crippen molar-refractivity contribution in [3.63, 3.8) is 0 Å². The van der Waals surface area contributed by atoms with Gasteiger partial charge in [0.2, 0.25) is 5.91 Å². The number of aliphatic hydroxyl groups excluding tert-OH is 1. The number of carbonyl (C=O) groups excluding carboxylic acids is 1. The second kappa shape index (κ2) is 12.5. The van der Waals surface area contributed by atoms with Gasteiger partial charge in [-0.3, -0.25) is 9.69 Å². The second-order valence-corrected chi connectivity index (χ2v) is 9.61. The summed E-state index contributed by atoms with van der Waals surface area (Å²) in [6, 6.07) is 5.37. The van der Waals surface area contributed by atoms with Gasteiger partial charge >= 0.3 is 0 Å². The van der Waals surface area contributed by atoms with Crippen LogP contribution in [0.3, 0.4) is 0 Å². The van der Waals surface area contributed by atoms with Gasteiger partial charge in [0.1, 0.15) is 11.4 Å². The van der Waals surface area contributed by atoms with Crippen LogP contribution in [-0.2, 0) is 10.2 Å². The molecule has 0 bridgehead atoms. The third-order valence-electron chi connectivity index (χ3n) is 8.56. The molecule has 38 heavy (non-hydrogen) atoms. The van der Waals surface area contributed by atoms with Crippen molar-refractivity contribution < 1.29 is 19.7 Å². The van der Waals surface area contributed by atoms with Crippen LogP contribution in [0.5, 0.6) is 5.75 Å². The largest absolute Gasteiger partial charge is 0.497 e. The molecule has 1 aromatic carbocycles. The van der Waals surface area contributed by atoms with Gasteiger partial charge in [0.05, 0.1) is 19.3 Å². The molecule has 1 amide bonds. The average Bonchev–Trinajstić information content (AvgIpc) is 3.47. The minimum absolute atomic E-state index is 0.0306. The van der Waals surface area contributed by atoms with Gasteiger partial charge in [0.25, 0.3) is 0 Å². The van der Waals surface area contributed by atoms with Gasteiger partial charge in [-0.15, -0.1) is 0 Å². The third kappa shape index (κ3) is 4.30. The highest BCUT2D eigenvalue weighted by Gasteiger charge is 2.76. The Morgan fingerprint density at radius 3 is 2.45 bits per heavy atom. The predicted molar refractivity (Wildman–Crippen MR) is 152 cm³/mol. The van der Waals surface area contributed by atoms with E-state index in [1.54, 1.807) is 7.11 Å². The number of hydrogen-bond acceptors (Lipinski definition) is 6. The number of fused-ring (bicyclic) bond motifs is 1. The Kier molecular flexibility index (Phi) is 10.4. The first-order valence-electron chi connectivity index (χ1n) is 14.1. The molecule has 2 N–H and O–H groups in total. The molecular weight excluding hydrogens is 482 g/mol. The van der Waals surface area contributed by atoms with Gasteiger partial charge in [0, 0.05) is 53.6 Å². The molecule has 3 heterocycles. The Bertz CT molecular complexity index is 1060. The second-order valence-electron chi connectivity index (χ2n) is 9.61. The van der Waals surface area contributed by atoms with Gasteiger partial charge in [-0.2, -0.15) is 0 Å². The zero-order valence-electron chi connectivity index (χ0n) is 24.6. The topological polar surface area (TPSA) is 122 Å². The van der Waals surface area contributed by atoms with Crippen molar-refractivity contribution in [1.29, 1.82) is 0 Å². The Balaban J connectivity index is 0.000000791. The molecule has 1 saturated carbocycles. The molecule has 6 atom stereocenters. The van der Waals surface area contributed by atoms with Gasteiger partial charge in [-0.1, -0.05) is 66.7 Å². The Labute approximate surface area is 228 Å². The maximum absolute atomic E-state index is 12.5. The lowest BCUT2D eigenvalue weighted by Crippen LogP contribution is -2.78. The van der Waals surface area contributed by atoms with Crippen LogP contribution in [0, 0.1) is 5.41 Å². The summed E-state index contributed by atoms with van der Waals surface area (Å²) in [5, 5.41) is 27.3. The molecule has 4 aliphatic rings. The molecule has 9 nitrogen and oxygen atoms in total. The number of carbonyl (C=O) groups is 1. The first-order chi connectivity index (χ1) is 18.3. The van der Waals surface area contributed by atoms with Crippen molar-refractivity contribution in [2.45, 2.75) is 96.9 Å². The SMILES string of the molecule is CC.CC.CC.CC[C@]12C=CCN3CCC4(c5ccc(OC)cc5N(C)C4[C@@](O)(CC(=O)N=[N+]=[N-])[C@@H]1O)C32. The summed E-state index contributed by atoms with van der Waals surface area (Å²) in [5.41, 5.74) is 7.78. The number of nitrogens with zero attached hydrogens (tertiary/aromatic N) is 5. The van der Waals surface area contributed by atoms with Crippen molar-refractivity contribution in [3.05, 3.63) is 46.4 Å². The molecule has 1 saturated heterocycles. The summed E-state index contributed by atoms with van der Waals surface area (Å²) in [7, 11) is 3.51. The van der Waals surface area contributed by atoms with E-state index < -0.39 is 40.9 Å². The number of rotatable bonds is 4. The normalized spacial score (nSPS) is 33.4. The number of likely N-dealkylation sites (N-methyl/N-ethyl adjacent to an activating group) is 1. The van der Waals surface area contributed by atoms with Crippen LogP contribution in [0.2, 0.25) is 0 Å². The molecule has 1 spiro atoms. The van der Waals surface area contributed by atoms with Crippen molar-refractivity contribution in [3.8, 4) is 5.75 Å². The van der Waals surface area contributed by atoms with Crippen LogP contribution >= 0.6 is 0 Å². The smallest absolute Gasteiger partial charge is 0.221 e. The van der Waals surface area contributed by atoms with Crippen LogP contribution in [0.15, 0.2) is 35.5 Å². The molecule has 1 aromatic rings. The summed E-state index contributed by atoms with van der Waals surface area (Å²) in [6.45, 7) is 15.6. The molecule has 5 rings (SSSR count). The fourth-order valence-electron chi connectivity index (χ4n) is 7.62. The van der Waals surface area contributed by atoms with Crippen LogP contribution in [0.1, 0.15) is 73.3 Å². The predicted octanol–water partition coefficient (Wildman–Crippen LogP) is 5.20. The van der Waals surface area contributed by atoms with Gasteiger partial charge in [-0.25, -0.2) is 0 Å². The standard InChI is InChI=1S/C23H29N5O4.3C2H6/c1-4-21-8-5-10-28-11-9-22(18(21)28)15-7-6-14(32-3)12-16(15)27(2)19(22)23(31,20(21)30)13-17(29)25-26-24;3*1-2/h5-8,12,18-20,30-31H,4,9-11,13H2,1-3H3;3*1-2H3/t18?,19?,20-,21-,22?,23+;;;/m1.../s1. The van der Waals surface area contributed by atoms with Gasteiger partial charge in [0.15, 0.2) is 0 Å². The summed E-state index contributed by atoms with van der Waals surface area (Å²) >= 11 is 0. The van der Waals surface area contributed by atoms with E-state index in [0.717, 1.165) is 30.8 Å². The highest BCUT2D eigenvalue weighted by Crippen LogP contribution is 2.67. The van der Waals surface area contributed by atoms with Crippen LogP contribution in [-0.4, -0.2) is 72.1 Å². The van der Waals surface area contributed by atoms with Crippen LogP contribution in [0.4, 0.5) is 5.69 Å². The Morgan fingerprint density at radius 1 is 1.21 bits per heavy atom. The van der Waals surface area contributed by atoms with E-state index in [1.807, 2.05) is 78.6 Å². The molecular formula is C29H47N5O4. The van der Waals surface area contributed by atoms with Crippen molar-refractivity contribution in [1.82, 2.24) is 4.90 Å². The summed E-state index contributed by atoms with van der Waals surface area (Å²) in [4.78, 5) is 19.5. The van der Waals surface area contributed by atoms with E-state index in [1.165, 1.54) is 0 Å². The summed E-state index contributed by atoms with van der Waals surface area (Å²) in [5.74, 6) is -0.0643. The fourth-order valence-corrected chi connectivity index (χ4v) is 7.62. The lowest BCUT2D eigenvalue weighted by atomic mass is 9.47. The number of amides is 1. The van der Waals surface area contributed by atoms with E-state index in [2.05, 4.69) is 27.1 Å². The number of ether oxygens (including phenoxy) is 1. The van der Waals surface area contributed by atoms with Crippen molar-refractivity contribution >= 4 is 11.6 Å². The van der Waals surface area contributed by atoms with E-state index in [4.69, 9.17) is 10.3 Å². The van der Waals surface area contributed by atoms with Gasteiger partial charge in [-0.05, 0) is 41.7 Å². The Morgan fingerprint density at radius 2 is 1.87 bits per heavy atom. The van der Waals surface area contributed by atoms with Gasteiger partial charge < -0.3 is 19.8 Å². The molecule has 0 aromatic heterocycles. The number of benzene rings is 1. The van der Waals surface area contributed by atoms with Crippen molar-refractivity contribution in [2.75, 3.05) is 32.1 Å². The zero-order chi connectivity index (χ0) is 28.9. The maximum Gasteiger partial charge on any atom is 0.221 e. The van der Waals surface area contributed by atoms with E-state index in [9.17, 15) is 15.0 Å². The number of methoxy groups -OCH3 is 1. The quantitative estimate of drug-likeness (QED) is 0.239. The number of azide groups is 1. The lowest BCUT2D eigenvalue weighted by Gasteiger charge is -2.64. The first kappa shape index (κ1) is 31.6. The van der Waals surface area contributed by atoms with Crippen LogP contribution in [0.25, 0.3) is 10.4 Å². The molecule has 9 heteroatoms. The first-order valence-corrected chi connectivity index (χ1v) is 14.1. The average molecular weight is 530 g/mol. The van der Waals surface area contributed by atoms with E-state index >= 15 is 0 Å². The minimum atomic E-state index is -1.81. The lowest BCUT2D eigenvalue weighted by molar-refractivity contribution is -0.202. The zero-order valence-corrected chi connectivity index (χ0v) is 24.6. The van der Waals surface area contributed by atoms with E-state index in [-0.39, 0.29) is 6.04 Å². The monoisotopic (exact) mass is 529 g/mol. The molecule has 3 aliphatic heterocycles. The molecule has 3 unspecified atom stereocenters. The third-order valence-corrected chi connectivity index (χ3v) is 8.56. The van der Waals surface area contributed by atoms with Crippen molar-refractivity contribution in [2.24, 2.45) is 10.5 Å². The summed E-state index contributed by atoms with van der Waals surface area (Å²) < 4.78 is 5.47. The van der Waals surface area contributed by atoms with Crippen LogP contribution < -0.4 is 9.64 Å². The highest BCUT2D eigenvalue weighted by atomic mass is 16.5. The van der Waals surface area contributed by atoms with E-state index in [0.29, 0.717) is 12.2 Å².